The van der Waals surface area contributed by atoms with Gasteiger partial charge in [0.25, 0.3) is 5.91 Å². The fraction of sp³-hybridized carbons (Fsp3) is 0.308. The van der Waals surface area contributed by atoms with Crippen LogP contribution in [-0.2, 0) is 0 Å². The molecule has 0 bridgehead atoms. The number of carbonyl (C=O) groups is 1. The maximum Gasteiger partial charge on any atom is 0.259 e. The van der Waals surface area contributed by atoms with E-state index in [4.69, 9.17) is 4.74 Å². The third-order valence-corrected chi connectivity index (χ3v) is 6.01. The molecule has 3 aromatic rings. The fourth-order valence-electron chi connectivity index (χ4n) is 4.11. The molecule has 172 valence electrons. The van der Waals surface area contributed by atoms with Crippen molar-refractivity contribution in [2.75, 3.05) is 56.2 Å². The highest BCUT2D eigenvalue weighted by Crippen LogP contribution is 2.28. The van der Waals surface area contributed by atoms with Crippen molar-refractivity contribution < 1.29 is 13.9 Å². The zero-order valence-corrected chi connectivity index (χ0v) is 19.1. The number of hydrogen-bond donors (Lipinski definition) is 0. The largest absolute Gasteiger partial charge is 0.495 e. The Balaban J connectivity index is 1.42. The minimum atomic E-state index is -0.316. The minimum Gasteiger partial charge on any atom is -0.495 e. The molecule has 2 aromatic carbocycles. The molecule has 1 saturated heterocycles. The van der Waals surface area contributed by atoms with Crippen molar-refractivity contribution in [1.29, 1.82) is 0 Å². The number of aromatic nitrogens is 1. The highest BCUT2D eigenvalue weighted by Gasteiger charge is 2.23. The fourth-order valence-corrected chi connectivity index (χ4v) is 4.11. The normalized spacial score (nSPS) is 14.2. The SMILES string of the molecule is COc1ccccc1N1CCN(CCN(C(=O)c2ccc(F)c(C)c2)c2ccccn2)CC1. The summed E-state index contributed by atoms with van der Waals surface area (Å²) in [6, 6.07) is 18.1. The predicted octanol–water partition coefficient (Wildman–Crippen LogP) is 4.01. The second-order valence-corrected chi connectivity index (χ2v) is 8.11. The van der Waals surface area contributed by atoms with Gasteiger partial charge in [0.2, 0.25) is 0 Å². The summed E-state index contributed by atoms with van der Waals surface area (Å²) in [5, 5.41) is 0. The summed E-state index contributed by atoms with van der Waals surface area (Å²) < 4.78 is 19.2. The van der Waals surface area contributed by atoms with Gasteiger partial charge in [-0.3, -0.25) is 14.6 Å². The summed E-state index contributed by atoms with van der Waals surface area (Å²) in [5.41, 5.74) is 2.02. The molecule has 0 saturated carbocycles. The van der Waals surface area contributed by atoms with E-state index in [1.165, 1.54) is 12.1 Å². The van der Waals surface area contributed by atoms with Gasteiger partial charge in [0.05, 0.1) is 12.8 Å². The number of nitrogens with zero attached hydrogens (tertiary/aromatic N) is 4. The number of aryl methyl sites for hydroxylation is 1. The topological polar surface area (TPSA) is 48.9 Å². The summed E-state index contributed by atoms with van der Waals surface area (Å²) in [5.74, 6) is 0.984. The number of methoxy groups -OCH3 is 1. The third kappa shape index (κ3) is 5.31. The van der Waals surface area contributed by atoms with E-state index in [9.17, 15) is 9.18 Å². The molecule has 1 aromatic heterocycles. The van der Waals surface area contributed by atoms with Crippen LogP contribution in [0.5, 0.6) is 5.75 Å². The first-order valence-corrected chi connectivity index (χ1v) is 11.2. The van der Waals surface area contributed by atoms with Crippen molar-refractivity contribution in [3.63, 3.8) is 0 Å². The summed E-state index contributed by atoms with van der Waals surface area (Å²) in [6.07, 6.45) is 1.68. The molecule has 0 aliphatic carbocycles. The third-order valence-electron chi connectivity index (χ3n) is 6.01. The molecule has 33 heavy (non-hydrogen) atoms. The van der Waals surface area contributed by atoms with Crippen LogP contribution in [-0.4, -0.2) is 62.2 Å². The van der Waals surface area contributed by atoms with Crippen LogP contribution in [0.2, 0.25) is 0 Å². The number of halogens is 1. The molecule has 0 unspecified atom stereocenters. The van der Waals surface area contributed by atoms with E-state index in [1.807, 2.05) is 36.4 Å². The maximum absolute atomic E-state index is 13.7. The van der Waals surface area contributed by atoms with Crippen LogP contribution in [0.25, 0.3) is 0 Å². The van der Waals surface area contributed by atoms with Crippen molar-refractivity contribution in [2.45, 2.75) is 6.92 Å². The highest BCUT2D eigenvalue weighted by molar-refractivity contribution is 6.05. The molecule has 0 spiro atoms. The first-order chi connectivity index (χ1) is 16.1. The van der Waals surface area contributed by atoms with Crippen LogP contribution in [0, 0.1) is 12.7 Å². The van der Waals surface area contributed by atoms with Gasteiger partial charge < -0.3 is 9.64 Å². The van der Waals surface area contributed by atoms with E-state index in [-0.39, 0.29) is 11.7 Å². The molecule has 4 rings (SSSR count). The molecule has 6 nitrogen and oxygen atoms in total. The van der Waals surface area contributed by atoms with Crippen molar-refractivity contribution >= 4 is 17.4 Å². The van der Waals surface area contributed by atoms with Gasteiger partial charge in [0.15, 0.2) is 0 Å². The summed E-state index contributed by atoms with van der Waals surface area (Å²) >= 11 is 0. The number of rotatable bonds is 7. The Labute approximate surface area is 194 Å². The lowest BCUT2D eigenvalue weighted by Crippen LogP contribution is -2.49. The lowest BCUT2D eigenvalue weighted by atomic mass is 10.1. The molecule has 1 aliphatic rings. The van der Waals surface area contributed by atoms with E-state index in [0.717, 1.165) is 44.2 Å². The Hall–Kier alpha value is -3.45. The van der Waals surface area contributed by atoms with Crippen LogP contribution in [0.3, 0.4) is 0 Å². The number of hydrogen-bond acceptors (Lipinski definition) is 5. The molecular weight excluding hydrogens is 419 g/mol. The van der Waals surface area contributed by atoms with Crippen molar-refractivity contribution in [3.8, 4) is 5.75 Å². The zero-order valence-electron chi connectivity index (χ0n) is 19.1. The average Bonchev–Trinajstić information content (AvgIpc) is 2.86. The van der Waals surface area contributed by atoms with Crippen molar-refractivity contribution in [2.24, 2.45) is 0 Å². The van der Waals surface area contributed by atoms with Gasteiger partial charge in [-0.15, -0.1) is 0 Å². The van der Waals surface area contributed by atoms with E-state index in [1.54, 1.807) is 31.2 Å². The molecule has 1 fully saturated rings. The van der Waals surface area contributed by atoms with Gasteiger partial charge >= 0.3 is 0 Å². The average molecular weight is 449 g/mol. The first-order valence-electron chi connectivity index (χ1n) is 11.2. The second-order valence-electron chi connectivity index (χ2n) is 8.11. The number of ether oxygens (including phenoxy) is 1. The Bertz CT molecular complexity index is 1080. The van der Waals surface area contributed by atoms with E-state index in [0.29, 0.717) is 23.5 Å². The van der Waals surface area contributed by atoms with Gasteiger partial charge in [-0.25, -0.2) is 9.37 Å². The monoisotopic (exact) mass is 448 g/mol. The molecule has 0 N–H and O–H groups in total. The first kappa shape index (κ1) is 22.7. The lowest BCUT2D eigenvalue weighted by molar-refractivity contribution is 0.0982. The van der Waals surface area contributed by atoms with Crippen molar-refractivity contribution in [1.82, 2.24) is 9.88 Å². The van der Waals surface area contributed by atoms with Gasteiger partial charge in [-0.2, -0.15) is 0 Å². The number of piperazine rings is 1. The van der Waals surface area contributed by atoms with E-state index < -0.39 is 0 Å². The summed E-state index contributed by atoms with van der Waals surface area (Å²) in [4.78, 5) is 24.1. The molecule has 7 heteroatoms. The number of benzene rings is 2. The number of pyridine rings is 1. The molecular formula is C26H29FN4O2. The van der Waals surface area contributed by atoms with Crippen LogP contribution < -0.4 is 14.5 Å². The second kappa shape index (κ2) is 10.4. The molecule has 2 heterocycles. The Kier molecular flexibility index (Phi) is 7.19. The number of amides is 1. The van der Waals surface area contributed by atoms with Gasteiger partial charge in [-0.1, -0.05) is 18.2 Å². The van der Waals surface area contributed by atoms with E-state index >= 15 is 0 Å². The molecule has 0 atom stereocenters. The Morgan fingerprint density at radius 1 is 1.06 bits per heavy atom. The number of carbonyl (C=O) groups excluding carboxylic acids is 1. The number of para-hydroxylation sites is 2. The Morgan fingerprint density at radius 3 is 2.52 bits per heavy atom. The maximum atomic E-state index is 13.7. The standard InChI is InChI=1S/C26H29FN4O2/c1-20-19-21(10-11-22(20)27)26(32)31(25-9-5-6-12-28-25)18-15-29-13-16-30(17-14-29)23-7-3-4-8-24(23)33-2/h3-12,19H,13-18H2,1-2H3. The van der Waals surface area contributed by atoms with Crippen LogP contribution >= 0.6 is 0 Å². The number of anilines is 2. The quantitative estimate of drug-likeness (QED) is 0.547. The predicted molar refractivity (Wildman–Crippen MR) is 129 cm³/mol. The van der Waals surface area contributed by atoms with E-state index in [2.05, 4.69) is 20.9 Å². The highest BCUT2D eigenvalue weighted by atomic mass is 19.1. The lowest BCUT2D eigenvalue weighted by Gasteiger charge is -2.37. The molecule has 1 amide bonds. The van der Waals surface area contributed by atoms with Gasteiger partial charge in [0.1, 0.15) is 17.4 Å². The van der Waals surface area contributed by atoms with Crippen molar-refractivity contribution in [3.05, 3.63) is 83.8 Å². The smallest absolute Gasteiger partial charge is 0.259 e. The van der Waals surface area contributed by atoms with Gasteiger partial charge in [-0.05, 0) is 55.0 Å². The Morgan fingerprint density at radius 2 is 1.82 bits per heavy atom. The molecule has 0 radical (unpaired) electrons. The van der Waals surface area contributed by atoms with Crippen LogP contribution in [0.4, 0.5) is 15.9 Å². The molecule has 1 aliphatic heterocycles. The minimum absolute atomic E-state index is 0.176. The van der Waals surface area contributed by atoms with Crippen LogP contribution in [0.1, 0.15) is 15.9 Å². The van der Waals surface area contributed by atoms with Crippen LogP contribution in [0.15, 0.2) is 66.9 Å². The summed E-state index contributed by atoms with van der Waals surface area (Å²) in [6.45, 7) is 6.43. The summed E-state index contributed by atoms with van der Waals surface area (Å²) in [7, 11) is 1.70. The van der Waals surface area contributed by atoms with Gasteiger partial charge in [0, 0.05) is 51.0 Å². The zero-order chi connectivity index (χ0) is 23.2.